The Kier molecular flexibility index (Phi) is 5.81. The minimum absolute atomic E-state index is 0.237. The van der Waals surface area contributed by atoms with E-state index in [-0.39, 0.29) is 5.91 Å². The molecule has 5 nitrogen and oxygen atoms in total. The van der Waals surface area contributed by atoms with Gasteiger partial charge < -0.3 is 14.7 Å². The molecule has 0 aromatic carbocycles. The third-order valence-corrected chi connectivity index (χ3v) is 4.93. The molecule has 0 saturated carbocycles. The van der Waals surface area contributed by atoms with Crippen LogP contribution in [-0.2, 0) is 4.79 Å². The van der Waals surface area contributed by atoms with E-state index in [0.29, 0.717) is 0 Å². The number of quaternary nitrogens is 1. The molecule has 2 heterocycles. The lowest BCUT2D eigenvalue weighted by atomic mass is 10.2. The molecule has 0 unspecified atom stereocenters. The minimum atomic E-state index is 0.237. The van der Waals surface area contributed by atoms with Crippen molar-refractivity contribution in [1.82, 2.24) is 15.1 Å². The van der Waals surface area contributed by atoms with Gasteiger partial charge in [-0.05, 0) is 6.42 Å². The Bertz CT molecular complexity index is 307. The number of carbonyl (C=O) groups excluding carboxylic acids is 1. The zero-order valence-corrected chi connectivity index (χ0v) is 13.2. The second-order valence-electron chi connectivity index (χ2n) is 6.33. The van der Waals surface area contributed by atoms with Gasteiger partial charge in [-0.1, -0.05) is 6.92 Å². The lowest BCUT2D eigenvalue weighted by molar-refractivity contribution is -0.931. The Morgan fingerprint density at radius 1 is 1.10 bits per heavy atom. The number of amides is 1. The van der Waals surface area contributed by atoms with E-state index >= 15 is 0 Å². The Balaban J connectivity index is 1.84. The highest BCUT2D eigenvalue weighted by atomic mass is 16.2. The fraction of sp³-hybridized carbons (Fsp3) is 0.933. The first-order chi connectivity index (χ1) is 9.65. The van der Waals surface area contributed by atoms with E-state index in [1.807, 2.05) is 4.90 Å². The van der Waals surface area contributed by atoms with Gasteiger partial charge in [0.25, 0.3) is 0 Å². The van der Waals surface area contributed by atoms with Crippen LogP contribution in [0.25, 0.3) is 0 Å². The molecule has 2 aliphatic heterocycles. The molecule has 5 heteroatoms. The molecular weight excluding hydrogens is 252 g/mol. The van der Waals surface area contributed by atoms with Crippen LogP contribution in [0.4, 0.5) is 0 Å². The average molecular weight is 283 g/mol. The smallest absolute Gasteiger partial charge is 0.219 e. The summed E-state index contributed by atoms with van der Waals surface area (Å²) in [6.45, 7) is 16.5. The Hall–Kier alpha value is -0.650. The lowest BCUT2D eigenvalue weighted by Crippen LogP contribution is -2.62. The van der Waals surface area contributed by atoms with Crippen LogP contribution in [0.5, 0.6) is 0 Å². The van der Waals surface area contributed by atoms with Gasteiger partial charge in [-0.25, -0.2) is 0 Å². The number of rotatable bonds is 5. The predicted molar refractivity (Wildman–Crippen MR) is 81.6 cm³/mol. The molecule has 0 spiro atoms. The van der Waals surface area contributed by atoms with Crippen molar-refractivity contribution in [2.75, 3.05) is 72.0 Å². The van der Waals surface area contributed by atoms with Gasteiger partial charge in [0.15, 0.2) is 0 Å². The van der Waals surface area contributed by atoms with Gasteiger partial charge in [0.1, 0.15) is 0 Å². The van der Waals surface area contributed by atoms with Crippen molar-refractivity contribution in [1.29, 1.82) is 0 Å². The van der Waals surface area contributed by atoms with Crippen LogP contribution < -0.4 is 5.32 Å². The van der Waals surface area contributed by atoms with Crippen LogP contribution in [0.3, 0.4) is 0 Å². The Labute approximate surface area is 123 Å². The van der Waals surface area contributed by atoms with Crippen LogP contribution in [0.1, 0.15) is 20.3 Å². The number of piperazine rings is 2. The largest absolute Gasteiger partial charge is 0.332 e. The first-order valence-electron chi connectivity index (χ1n) is 8.19. The minimum Gasteiger partial charge on any atom is -0.332 e. The van der Waals surface area contributed by atoms with Crippen molar-refractivity contribution in [2.24, 2.45) is 0 Å². The lowest BCUT2D eigenvalue weighted by Gasteiger charge is -2.45. The standard InChI is InChI=1S/C15H31N4O/c1-3-11-19(12-8-17-6-4-16-5-7-17)13-9-18(10-14-19)15(2)20/h16H,3-14H2,1-2H3/q+1. The van der Waals surface area contributed by atoms with Crippen LogP contribution >= 0.6 is 0 Å². The summed E-state index contributed by atoms with van der Waals surface area (Å²) in [4.78, 5) is 16.1. The number of hydrogen-bond acceptors (Lipinski definition) is 3. The molecule has 0 aliphatic carbocycles. The summed E-state index contributed by atoms with van der Waals surface area (Å²) in [5, 5.41) is 3.41. The number of hydrogen-bond donors (Lipinski definition) is 1. The third-order valence-electron chi connectivity index (χ3n) is 4.93. The second kappa shape index (κ2) is 7.38. The zero-order valence-electron chi connectivity index (χ0n) is 13.2. The average Bonchev–Trinajstić information content (AvgIpc) is 2.47. The molecule has 2 fully saturated rings. The molecule has 2 rings (SSSR count). The summed E-state index contributed by atoms with van der Waals surface area (Å²) in [5.41, 5.74) is 0. The molecule has 1 N–H and O–H groups in total. The fourth-order valence-corrected chi connectivity index (χ4v) is 3.53. The van der Waals surface area contributed by atoms with Gasteiger partial charge >= 0.3 is 0 Å². The maximum absolute atomic E-state index is 11.5. The quantitative estimate of drug-likeness (QED) is 0.721. The SMILES string of the molecule is CCC[N+]1(CCN2CCNCC2)CCN(C(C)=O)CC1. The summed E-state index contributed by atoms with van der Waals surface area (Å²) in [5.74, 6) is 0.237. The highest BCUT2D eigenvalue weighted by molar-refractivity contribution is 5.73. The number of carbonyl (C=O) groups is 1. The van der Waals surface area contributed by atoms with E-state index < -0.39 is 0 Å². The first-order valence-corrected chi connectivity index (χ1v) is 8.19. The van der Waals surface area contributed by atoms with Crippen molar-refractivity contribution < 1.29 is 9.28 Å². The Morgan fingerprint density at radius 2 is 1.75 bits per heavy atom. The van der Waals surface area contributed by atoms with Gasteiger partial charge in [0.2, 0.25) is 5.91 Å². The normalized spacial score (nSPS) is 23.8. The van der Waals surface area contributed by atoms with Gasteiger partial charge in [0, 0.05) is 39.6 Å². The van der Waals surface area contributed by atoms with E-state index in [0.717, 1.165) is 39.3 Å². The molecule has 2 aliphatic rings. The molecule has 116 valence electrons. The highest BCUT2D eigenvalue weighted by Crippen LogP contribution is 2.15. The highest BCUT2D eigenvalue weighted by Gasteiger charge is 2.33. The van der Waals surface area contributed by atoms with Crippen molar-refractivity contribution in [3.05, 3.63) is 0 Å². The van der Waals surface area contributed by atoms with Crippen molar-refractivity contribution >= 4 is 5.91 Å². The van der Waals surface area contributed by atoms with Crippen LogP contribution in [0.15, 0.2) is 0 Å². The summed E-state index contributed by atoms with van der Waals surface area (Å²) in [6, 6.07) is 0. The molecule has 2 saturated heterocycles. The maximum atomic E-state index is 11.5. The maximum Gasteiger partial charge on any atom is 0.219 e. The van der Waals surface area contributed by atoms with Crippen molar-refractivity contribution in [3.63, 3.8) is 0 Å². The summed E-state index contributed by atoms with van der Waals surface area (Å²) in [7, 11) is 0. The van der Waals surface area contributed by atoms with Gasteiger partial charge in [-0.3, -0.25) is 9.69 Å². The van der Waals surface area contributed by atoms with Gasteiger partial charge in [0.05, 0.1) is 39.3 Å². The molecule has 0 atom stereocenters. The van der Waals surface area contributed by atoms with Gasteiger partial charge in [-0.15, -0.1) is 0 Å². The topological polar surface area (TPSA) is 35.6 Å². The van der Waals surface area contributed by atoms with E-state index in [2.05, 4.69) is 17.1 Å². The second-order valence-corrected chi connectivity index (χ2v) is 6.33. The first kappa shape index (κ1) is 15.7. The molecular formula is C15H31N4O+. The molecule has 20 heavy (non-hydrogen) atoms. The van der Waals surface area contributed by atoms with E-state index in [1.54, 1.807) is 6.92 Å². The van der Waals surface area contributed by atoms with Crippen LogP contribution in [0.2, 0.25) is 0 Å². The van der Waals surface area contributed by atoms with E-state index in [1.165, 1.54) is 43.6 Å². The molecule has 0 aromatic rings. The molecule has 1 amide bonds. The van der Waals surface area contributed by atoms with E-state index in [4.69, 9.17) is 0 Å². The van der Waals surface area contributed by atoms with Crippen LogP contribution in [-0.4, -0.2) is 92.2 Å². The number of nitrogens with zero attached hydrogens (tertiary/aromatic N) is 3. The molecule has 0 radical (unpaired) electrons. The molecule has 0 bridgehead atoms. The summed E-state index contributed by atoms with van der Waals surface area (Å²) < 4.78 is 1.21. The Morgan fingerprint density at radius 3 is 2.30 bits per heavy atom. The third kappa shape index (κ3) is 4.17. The predicted octanol–water partition coefficient (Wildman–Crippen LogP) is -0.0195. The van der Waals surface area contributed by atoms with Crippen molar-refractivity contribution in [3.8, 4) is 0 Å². The zero-order chi connectivity index (χ0) is 14.4. The fourth-order valence-electron chi connectivity index (χ4n) is 3.53. The molecule has 0 aromatic heterocycles. The summed E-state index contributed by atoms with van der Waals surface area (Å²) in [6.07, 6.45) is 1.24. The monoisotopic (exact) mass is 283 g/mol. The van der Waals surface area contributed by atoms with E-state index in [9.17, 15) is 4.79 Å². The summed E-state index contributed by atoms with van der Waals surface area (Å²) >= 11 is 0. The van der Waals surface area contributed by atoms with Crippen molar-refractivity contribution in [2.45, 2.75) is 20.3 Å². The van der Waals surface area contributed by atoms with Crippen LogP contribution in [0, 0.1) is 0 Å². The van der Waals surface area contributed by atoms with Gasteiger partial charge in [-0.2, -0.15) is 0 Å². The number of nitrogens with one attached hydrogen (secondary N) is 1.